The number of anilines is 2. The van der Waals surface area contributed by atoms with Crippen LogP contribution in [-0.2, 0) is 11.3 Å². The van der Waals surface area contributed by atoms with Crippen molar-refractivity contribution in [2.45, 2.75) is 6.54 Å². The summed E-state index contributed by atoms with van der Waals surface area (Å²) in [7, 11) is 1.44. The Labute approximate surface area is 240 Å². The summed E-state index contributed by atoms with van der Waals surface area (Å²) in [6.45, 7) is 1.64. The van der Waals surface area contributed by atoms with Crippen LogP contribution in [-0.4, -0.2) is 53.8 Å². The molecule has 1 aliphatic heterocycles. The number of pyridine rings is 2. The van der Waals surface area contributed by atoms with Gasteiger partial charge in [-0.2, -0.15) is 0 Å². The molecule has 1 fully saturated rings. The molecule has 0 atom stereocenters. The van der Waals surface area contributed by atoms with Crippen molar-refractivity contribution in [1.82, 2.24) is 20.2 Å². The van der Waals surface area contributed by atoms with Crippen LogP contribution < -0.4 is 15.4 Å². The van der Waals surface area contributed by atoms with Gasteiger partial charge in [-0.05, 0) is 24.3 Å². The van der Waals surface area contributed by atoms with Gasteiger partial charge in [-0.1, -0.05) is 53.5 Å². The summed E-state index contributed by atoms with van der Waals surface area (Å²) in [5.41, 5.74) is 3.58. The summed E-state index contributed by atoms with van der Waals surface area (Å²) in [6, 6.07) is 15.7. The third kappa shape index (κ3) is 5.62. The minimum absolute atomic E-state index is 0.0180. The highest BCUT2D eigenvalue weighted by atomic mass is 35.5. The zero-order chi connectivity index (χ0) is 28.2. The number of ether oxygens (including phenoxy) is 1. The topological polar surface area (TPSA) is 96.4 Å². The Morgan fingerprint density at radius 3 is 2.58 bits per heavy atom. The number of carbonyl (C=O) groups excluding carboxylic acids is 2. The lowest BCUT2D eigenvalue weighted by atomic mass is 10.00. The highest BCUT2D eigenvalue weighted by molar-refractivity contribution is 6.39. The fourth-order valence-electron chi connectivity index (χ4n) is 4.52. The van der Waals surface area contributed by atoms with Crippen molar-refractivity contribution in [2.75, 3.05) is 32.1 Å². The van der Waals surface area contributed by atoms with Gasteiger partial charge in [-0.3, -0.25) is 14.5 Å². The lowest BCUT2D eigenvalue weighted by Crippen LogP contribution is -2.47. The van der Waals surface area contributed by atoms with Crippen molar-refractivity contribution in [3.63, 3.8) is 0 Å². The van der Waals surface area contributed by atoms with Gasteiger partial charge in [-0.15, -0.1) is 0 Å². The largest absolute Gasteiger partial charge is 0.480 e. The Kier molecular flexibility index (Phi) is 8.25. The molecule has 2 aromatic heterocycles. The van der Waals surface area contributed by atoms with E-state index in [1.165, 1.54) is 13.3 Å². The number of piperazine rings is 1. The number of benzene rings is 2. The maximum absolute atomic E-state index is 15.4. The van der Waals surface area contributed by atoms with Gasteiger partial charge in [0.15, 0.2) is 17.9 Å². The van der Waals surface area contributed by atoms with Crippen molar-refractivity contribution in [3.05, 3.63) is 87.8 Å². The number of hydrogen-bond acceptors (Lipinski definition) is 7. The van der Waals surface area contributed by atoms with Crippen LogP contribution in [0.15, 0.2) is 60.8 Å². The van der Waals surface area contributed by atoms with E-state index >= 15 is 4.39 Å². The molecule has 1 amide bonds. The van der Waals surface area contributed by atoms with E-state index in [1.807, 2.05) is 23.1 Å². The van der Waals surface area contributed by atoms with Crippen LogP contribution in [0.1, 0.15) is 15.9 Å². The zero-order valence-electron chi connectivity index (χ0n) is 21.4. The molecule has 4 aromatic rings. The minimum Gasteiger partial charge on any atom is -0.480 e. The molecular weight excluding hydrogens is 556 g/mol. The van der Waals surface area contributed by atoms with E-state index in [1.54, 1.807) is 36.4 Å². The molecule has 0 unspecified atom stereocenters. The van der Waals surface area contributed by atoms with E-state index in [0.717, 1.165) is 0 Å². The number of aromatic nitrogens is 2. The average molecular weight is 580 g/mol. The third-order valence-electron chi connectivity index (χ3n) is 6.51. The molecule has 1 aliphatic rings. The lowest BCUT2D eigenvalue weighted by molar-refractivity contribution is -0.124. The first kappa shape index (κ1) is 27.5. The third-order valence-corrected chi connectivity index (χ3v) is 7.32. The molecule has 0 radical (unpaired) electrons. The normalized spacial score (nSPS) is 13.6. The molecule has 8 nitrogen and oxygen atoms in total. The highest BCUT2D eigenvalue weighted by Crippen LogP contribution is 2.42. The van der Waals surface area contributed by atoms with Crippen LogP contribution in [0, 0.1) is 5.82 Å². The molecule has 5 rings (SSSR count). The number of carbonyl (C=O) groups is 2. The Morgan fingerprint density at radius 1 is 1.07 bits per heavy atom. The first-order chi connectivity index (χ1) is 19.4. The van der Waals surface area contributed by atoms with E-state index in [-0.39, 0.29) is 30.7 Å². The Morgan fingerprint density at radius 2 is 1.82 bits per heavy atom. The second-order valence-corrected chi connectivity index (χ2v) is 9.82. The van der Waals surface area contributed by atoms with Crippen molar-refractivity contribution >= 4 is 46.9 Å². The molecule has 40 heavy (non-hydrogen) atoms. The van der Waals surface area contributed by atoms with Gasteiger partial charge in [0.05, 0.1) is 40.6 Å². The molecule has 0 saturated carbocycles. The smallest absolute Gasteiger partial charge is 0.234 e. The van der Waals surface area contributed by atoms with Gasteiger partial charge in [0.1, 0.15) is 0 Å². The quantitative estimate of drug-likeness (QED) is 0.256. The van der Waals surface area contributed by atoms with Crippen LogP contribution in [0.5, 0.6) is 5.88 Å². The van der Waals surface area contributed by atoms with Gasteiger partial charge < -0.3 is 15.4 Å². The predicted molar refractivity (Wildman–Crippen MR) is 153 cm³/mol. The van der Waals surface area contributed by atoms with E-state index < -0.39 is 5.82 Å². The van der Waals surface area contributed by atoms with E-state index in [2.05, 4.69) is 20.6 Å². The van der Waals surface area contributed by atoms with E-state index in [4.69, 9.17) is 27.9 Å². The summed E-state index contributed by atoms with van der Waals surface area (Å²) < 4.78 is 20.7. The summed E-state index contributed by atoms with van der Waals surface area (Å²) in [5, 5.41) is 6.49. The lowest BCUT2D eigenvalue weighted by Gasteiger charge is -2.26. The van der Waals surface area contributed by atoms with Gasteiger partial charge in [0.25, 0.3) is 0 Å². The number of nitrogens with zero attached hydrogens (tertiary/aromatic N) is 3. The van der Waals surface area contributed by atoms with Crippen molar-refractivity contribution in [2.24, 2.45) is 0 Å². The molecule has 0 aliphatic carbocycles. The number of halogens is 3. The zero-order valence-corrected chi connectivity index (χ0v) is 22.9. The van der Waals surface area contributed by atoms with Crippen molar-refractivity contribution in [1.29, 1.82) is 0 Å². The molecule has 0 bridgehead atoms. The minimum atomic E-state index is -0.520. The van der Waals surface area contributed by atoms with Gasteiger partial charge >= 0.3 is 0 Å². The van der Waals surface area contributed by atoms with Crippen LogP contribution in [0.3, 0.4) is 0 Å². The SMILES string of the molecule is COc1nc(-c2cccc(-c3cccc(Nc4nccc(CN5CCNC(=O)C5)c4F)c3Cl)c2Cl)ccc1C=O. The molecule has 2 N–H and O–H groups in total. The van der Waals surface area contributed by atoms with Crippen LogP contribution >= 0.6 is 23.2 Å². The molecule has 204 valence electrons. The number of hydrogen-bond donors (Lipinski definition) is 2. The number of amides is 1. The molecule has 1 saturated heterocycles. The Balaban J connectivity index is 1.45. The second kappa shape index (κ2) is 12.0. The first-order valence-electron chi connectivity index (χ1n) is 12.4. The molecule has 11 heteroatoms. The Hall–Kier alpha value is -4.05. The van der Waals surface area contributed by atoms with Crippen LogP contribution in [0.25, 0.3) is 22.4 Å². The Bertz CT molecular complexity index is 1600. The first-order valence-corrected chi connectivity index (χ1v) is 13.1. The highest BCUT2D eigenvalue weighted by Gasteiger charge is 2.20. The van der Waals surface area contributed by atoms with Gasteiger partial charge in [-0.25, -0.2) is 14.4 Å². The summed E-state index contributed by atoms with van der Waals surface area (Å²) in [6.07, 6.45) is 2.19. The predicted octanol–water partition coefficient (Wildman–Crippen LogP) is 5.75. The van der Waals surface area contributed by atoms with Crippen LogP contribution in [0.2, 0.25) is 10.0 Å². The van der Waals surface area contributed by atoms with Gasteiger partial charge in [0.2, 0.25) is 11.8 Å². The number of nitrogens with one attached hydrogen (secondary N) is 2. The molecular formula is C29H24Cl2FN5O3. The summed E-state index contributed by atoms with van der Waals surface area (Å²) in [4.78, 5) is 33.5. The van der Waals surface area contributed by atoms with E-state index in [9.17, 15) is 9.59 Å². The molecule has 3 heterocycles. The van der Waals surface area contributed by atoms with Crippen molar-refractivity contribution < 1.29 is 18.7 Å². The maximum Gasteiger partial charge on any atom is 0.234 e. The van der Waals surface area contributed by atoms with E-state index in [0.29, 0.717) is 68.6 Å². The monoisotopic (exact) mass is 579 g/mol. The molecule has 0 spiro atoms. The van der Waals surface area contributed by atoms with Crippen molar-refractivity contribution in [3.8, 4) is 28.3 Å². The number of rotatable bonds is 8. The molecule has 2 aromatic carbocycles. The fraction of sp³-hybridized carbons (Fsp3) is 0.172. The fourth-order valence-corrected chi connectivity index (χ4v) is 5.12. The number of aldehydes is 1. The standard InChI is InChI=1S/C29H24Cl2FN5O3/c1-40-29-18(16-38)8-9-22(36-29)21-6-2-4-19(25(21)30)20-5-3-7-23(26(20)31)35-28-27(32)17(10-11-34-28)14-37-13-12-33-24(39)15-37/h2-11,16H,12-15H2,1H3,(H,33,39)(H,34,35). The van der Waals surface area contributed by atoms with Gasteiger partial charge in [0, 0.05) is 48.1 Å². The van der Waals surface area contributed by atoms with Crippen LogP contribution in [0.4, 0.5) is 15.9 Å². The maximum atomic E-state index is 15.4. The second-order valence-electron chi connectivity index (χ2n) is 9.07. The summed E-state index contributed by atoms with van der Waals surface area (Å²) >= 11 is 13.7. The average Bonchev–Trinajstić information content (AvgIpc) is 2.96. The summed E-state index contributed by atoms with van der Waals surface area (Å²) in [5.74, 6) is -0.394. The number of methoxy groups -OCH3 is 1.